The van der Waals surface area contributed by atoms with E-state index in [0.29, 0.717) is 23.5 Å². The molecular weight excluding hydrogens is 382 g/mol. The van der Waals surface area contributed by atoms with Gasteiger partial charge in [0.1, 0.15) is 5.54 Å². The number of amides is 3. The predicted octanol–water partition coefficient (Wildman–Crippen LogP) is 3.04. The van der Waals surface area contributed by atoms with E-state index in [-0.39, 0.29) is 41.8 Å². The smallest absolute Gasteiger partial charge is 0.254 e. The fraction of sp³-hybridized carbons (Fsp3) is 0.609. The fourth-order valence-electron chi connectivity index (χ4n) is 4.44. The van der Waals surface area contributed by atoms with E-state index >= 15 is 0 Å². The topological polar surface area (TPSA) is 90.0 Å². The molecule has 30 heavy (non-hydrogen) atoms. The maximum Gasteiger partial charge on any atom is 0.254 e. The Balaban J connectivity index is 1.39. The molecule has 3 amide bonds. The molecule has 1 aromatic carbocycles. The summed E-state index contributed by atoms with van der Waals surface area (Å²) in [6.07, 6.45) is 4.57. The van der Waals surface area contributed by atoms with Crippen LogP contribution in [0.25, 0.3) is 0 Å². The van der Waals surface area contributed by atoms with E-state index in [9.17, 15) is 19.6 Å². The highest BCUT2D eigenvalue weighted by Gasteiger charge is 2.58. The highest BCUT2D eigenvalue weighted by molar-refractivity contribution is 5.95. The van der Waals surface area contributed by atoms with Gasteiger partial charge in [-0.2, -0.15) is 0 Å². The number of likely N-dealkylation sites (tertiary alicyclic amines) is 1. The van der Waals surface area contributed by atoms with Gasteiger partial charge in [0.05, 0.1) is 6.04 Å². The first-order valence-corrected chi connectivity index (χ1v) is 11.0. The van der Waals surface area contributed by atoms with Crippen molar-refractivity contribution in [1.29, 1.82) is 0 Å². The number of nitrogens with one attached hydrogen (secondary N) is 1. The first kappa shape index (κ1) is 20.8. The Morgan fingerprint density at radius 2 is 1.63 bits per heavy atom. The van der Waals surface area contributed by atoms with Crippen LogP contribution in [0, 0.1) is 5.92 Å². The standard InChI is InChI=1S/C23H31N3O4/c1-14-4-5-15(2)25(14)20(27)18-8-6-17(7-9-18)16(3)24-22(29)23(12-13-23)26(30)21(28)19-10-11-19/h6-9,14-16,19,30H,4-5,10-13H2,1-3H3,(H,24,29). The van der Waals surface area contributed by atoms with Crippen molar-refractivity contribution in [2.24, 2.45) is 5.92 Å². The molecule has 1 saturated heterocycles. The van der Waals surface area contributed by atoms with Crippen molar-refractivity contribution in [3.63, 3.8) is 0 Å². The first-order valence-electron chi connectivity index (χ1n) is 11.0. The number of benzene rings is 1. The predicted molar refractivity (Wildman–Crippen MR) is 111 cm³/mol. The van der Waals surface area contributed by atoms with Gasteiger partial charge in [0, 0.05) is 23.6 Å². The van der Waals surface area contributed by atoms with Crippen molar-refractivity contribution in [2.75, 3.05) is 0 Å². The van der Waals surface area contributed by atoms with Gasteiger partial charge in [-0.25, -0.2) is 5.06 Å². The molecule has 0 spiro atoms. The fourth-order valence-corrected chi connectivity index (χ4v) is 4.44. The third-order valence-electron chi connectivity index (χ3n) is 6.88. The van der Waals surface area contributed by atoms with Crippen LogP contribution in [-0.2, 0) is 9.59 Å². The van der Waals surface area contributed by atoms with Crippen molar-refractivity contribution in [2.45, 2.75) is 83.0 Å². The lowest BCUT2D eigenvalue weighted by Crippen LogP contribution is -2.51. The lowest BCUT2D eigenvalue weighted by Gasteiger charge is -2.27. The zero-order valence-corrected chi connectivity index (χ0v) is 17.9. The molecule has 3 fully saturated rings. The monoisotopic (exact) mass is 413 g/mol. The van der Waals surface area contributed by atoms with Gasteiger partial charge in [-0.05, 0) is 77.0 Å². The van der Waals surface area contributed by atoms with E-state index in [2.05, 4.69) is 19.2 Å². The average Bonchev–Trinajstić information content (AvgIpc) is 3.65. The van der Waals surface area contributed by atoms with Gasteiger partial charge >= 0.3 is 0 Å². The summed E-state index contributed by atoms with van der Waals surface area (Å²) in [5.74, 6) is -0.763. The average molecular weight is 414 g/mol. The van der Waals surface area contributed by atoms with Crippen LogP contribution < -0.4 is 5.32 Å². The maximum atomic E-state index is 12.9. The second kappa shape index (κ2) is 7.69. The van der Waals surface area contributed by atoms with Crippen molar-refractivity contribution in [3.8, 4) is 0 Å². The van der Waals surface area contributed by atoms with Gasteiger partial charge in [-0.3, -0.25) is 19.6 Å². The van der Waals surface area contributed by atoms with Gasteiger partial charge in [0.25, 0.3) is 5.91 Å². The Morgan fingerprint density at radius 3 is 2.13 bits per heavy atom. The van der Waals surface area contributed by atoms with E-state index in [1.807, 2.05) is 24.0 Å². The minimum Gasteiger partial charge on any atom is -0.347 e. The van der Waals surface area contributed by atoms with Crippen LogP contribution in [0.1, 0.15) is 81.3 Å². The molecule has 3 aliphatic rings. The van der Waals surface area contributed by atoms with Crippen molar-refractivity contribution < 1.29 is 19.6 Å². The second-order valence-electron chi connectivity index (χ2n) is 9.26. The van der Waals surface area contributed by atoms with Crippen molar-refractivity contribution in [1.82, 2.24) is 15.3 Å². The summed E-state index contributed by atoms with van der Waals surface area (Å²) in [6, 6.07) is 7.53. The van der Waals surface area contributed by atoms with E-state index in [1.54, 1.807) is 12.1 Å². The SMILES string of the molecule is CC(NC(=O)C1(N(O)C(=O)C2CC2)CC1)c1ccc(C(=O)N2C(C)CCC2C)cc1. The Hall–Kier alpha value is -2.41. The number of hydrogen-bond donors (Lipinski definition) is 2. The molecular formula is C23H31N3O4. The number of carbonyl (C=O) groups excluding carboxylic acids is 3. The molecule has 4 rings (SSSR count). The highest BCUT2D eigenvalue weighted by Crippen LogP contribution is 2.44. The molecule has 3 unspecified atom stereocenters. The van der Waals surface area contributed by atoms with Crippen LogP contribution in [0.4, 0.5) is 0 Å². The summed E-state index contributed by atoms with van der Waals surface area (Å²) in [5, 5.41) is 13.9. The van der Waals surface area contributed by atoms with Crippen molar-refractivity contribution >= 4 is 17.7 Å². The van der Waals surface area contributed by atoms with Crippen LogP contribution >= 0.6 is 0 Å². The minimum absolute atomic E-state index is 0.0437. The third kappa shape index (κ3) is 3.71. The Bertz CT molecular complexity index is 835. The summed E-state index contributed by atoms with van der Waals surface area (Å²) in [5.41, 5.74) is 0.399. The summed E-state index contributed by atoms with van der Waals surface area (Å²) >= 11 is 0. The van der Waals surface area contributed by atoms with Gasteiger partial charge in [-0.1, -0.05) is 12.1 Å². The zero-order valence-electron chi connectivity index (χ0n) is 17.9. The molecule has 2 saturated carbocycles. The quantitative estimate of drug-likeness (QED) is 0.554. The Labute approximate surface area is 177 Å². The lowest BCUT2D eigenvalue weighted by atomic mass is 10.0. The molecule has 3 atom stereocenters. The van der Waals surface area contributed by atoms with Crippen LogP contribution in [0.5, 0.6) is 0 Å². The van der Waals surface area contributed by atoms with E-state index in [4.69, 9.17) is 0 Å². The molecule has 0 bridgehead atoms. The zero-order chi connectivity index (χ0) is 21.6. The molecule has 2 N–H and O–H groups in total. The summed E-state index contributed by atoms with van der Waals surface area (Å²) in [6.45, 7) is 6.03. The second-order valence-corrected chi connectivity index (χ2v) is 9.26. The molecule has 1 heterocycles. The third-order valence-corrected chi connectivity index (χ3v) is 6.88. The number of hydroxylamine groups is 2. The Kier molecular flexibility index (Phi) is 5.34. The number of hydrogen-bond acceptors (Lipinski definition) is 4. The molecule has 1 aliphatic heterocycles. The number of nitrogens with zero attached hydrogens (tertiary/aromatic N) is 2. The summed E-state index contributed by atoms with van der Waals surface area (Å²) < 4.78 is 0. The van der Waals surface area contributed by atoms with E-state index < -0.39 is 5.54 Å². The summed E-state index contributed by atoms with van der Waals surface area (Å²) in [7, 11) is 0. The first-order chi connectivity index (χ1) is 14.2. The molecule has 0 aromatic heterocycles. The van der Waals surface area contributed by atoms with Crippen LogP contribution in [0.15, 0.2) is 24.3 Å². The van der Waals surface area contributed by atoms with Gasteiger partial charge in [0.15, 0.2) is 0 Å². The molecule has 7 heteroatoms. The van der Waals surface area contributed by atoms with Gasteiger partial charge in [-0.15, -0.1) is 0 Å². The largest absolute Gasteiger partial charge is 0.347 e. The molecule has 7 nitrogen and oxygen atoms in total. The van der Waals surface area contributed by atoms with Crippen LogP contribution in [-0.4, -0.2) is 50.5 Å². The normalized spacial score (nSPS) is 25.5. The van der Waals surface area contributed by atoms with E-state index in [0.717, 1.165) is 31.2 Å². The molecule has 1 aromatic rings. The minimum atomic E-state index is -1.12. The van der Waals surface area contributed by atoms with Gasteiger partial charge in [0.2, 0.25) is 11.8 Å². The lowest BCUT2D eigenvalue weighted by molar-refractivity contribution is -0.185. The maximum absolute atomic E-state index is 12.9. The van der Waals surface area contributed by atoms with Crippen molar-refractivity contribution in [3.05, 3.63) is 35.4 Å². The number of carbonyl (C=O) groups is 3. The summed E-state index contributed by atoms with van der Waals surface area (Å²) in [4.78, 5) is 39.8. The Morgan fingerprint density at radius 1 is 1.07 bits per heavy atom. The number of rotatable bonds is 6. The highest BCUT2D eigenvalue weighted by atomic mass is 16.5. The van der Waals surface area contributed by atoms with Crippen LogP contribution in [0.2, 0.25) is 0 Å². The van der Waals surface area contributed by atoms with Gasteiger partial charge < -0.3 is 10.2 Å². The molecule has 162 valence electrons. The molecule has 0 radical (unpaired) electrons. The molecule has 2 aliphatic carbocycles. The van der Waals surface area contributed by atoms with Crippen LogP contribution in [0.3, 0.4) is 0 Å². The van der Waals surface area contributed by atoms with E-state index in [1.165, 1.54) is 0 Å².